The van der Waals surface area contributed by atoms with Crippen molar-refractivity contribution in [2.45, 2.75) is 110 Å². The minimum absolute atomic E-state index is 0.0933. The summed E-state index contributed by atoms with van der Waals surface area (Å²) in [5.41, 5.74) is -1.52. The molecular formula is C27H40FNO7S. The molecule has 3 heterocycles. The van der Waals surface area contributed by atoms with Crippen LogP contribution in [0.15, 0.2) is 11.2 Å². The van der Waals surface area contributed by atoms with Crippen molar-refractivity contribution in [3.8, 4) is 0 Å². The monoisotopic (exact) mass is 541 g/mol. The van der Waals surface area contributed by atoms with E-state index in [1.165, 1.54) is 17.4 Å². The number of carbonyl (C=O) groups is 2. The highest BCUT2D eigenvalue weighted by atomic mass is 32.1. The van der Waals surface area contributed by atoms with E-state index in [1.54, 1.807) is 19.2 Å². The minimum atomic E-state index is -1.38. The van der Waals surface area contributed by atoms with Crippen LogP contribution in [0.1, 0.15) is 83.8 Å². The number of aromatic nitrogens is 1. The second-order valence-electron chi connectivity index (χ2n) is 11.2. The van der Waals surface area contributed by atoms with E-state index < -0.39 is 53.5 Å². The molecule has 0 amide bonds. The molecule has 0 radical (unpaired) electrons. The number of ketones is 1. The van der Waals surface area contributed by atoms with Gasteiger partial charge in [-0.2, -0.15) is 0 Å². The summed E-state index contributed by atoms with van der Waals surface area (Å²) in [5.74, 6) is -2.69. The van der Waals surface area contributed by atoms with Crippen molar-refractivity contribution in [1.82, 2.24) is 4.98 Å². The molecule has 7 atom stereocenters. The molecule has 10 heteroatoms. The molecular weight excluding hydrogens is 501 g/mol. The van der Waals surface area contributed by atoms with Crippen molar-refractivity contribution in [2.75, 3.05) is 0 Å². The maximum absolute atomic E-state index is 15.4. The minimum Gasteiger partial charge on any atom is -0.455 e. The quantitative estimate of drug-likeness (QED) is 0.386. The average molecular weight is 542 g/mol. The number of fused-ring (bicyclic) bond motifs is 1. The Kier molecular flexibility index (Phi) is 9.66. The molecule has 1 aromatic heterocycles. The molecule has 3 N–H and O–H groups in total. The predicted octanol–water partition coefficient (Wildman–Crippen LogP) is 3.96. The largest absolute Gasteiger partial charge is 0.455 e. The zero-order valence-electron chi connectivity index (χ0n) is 22.3. The number of Topliss-reactive ketones (excluding diaryl/α,β-unsaturated/α-hetero) is 1. The van der Waals surface area contributed by atoms with Crippen LogP contribution in [0, 0.1) is 17.3 Å². The number of carbonyl (C=O) groups excluding carboxylic acids is 2. The van der Waals surface area contributed by atoms with Crippen molar-refractivity contribution in [1.29, 1.82) is 0 Å². The summed E-state index contributed by atoms with van der Waals surface area (Å²) in [4.78, 5) is 30.4. The van der Waals surface area contributed by atoms with Gasteiger partial charge in [-0.25, -0.2) is 9.37 Å². The molecule has 37 heavy (non-hydrogen) atoms. The molecule has 2 aliphatic rings. The van der Waals surface area contributed by atoms with Crippen molar-refractivity contribution < 1.29 is 38.8 Å². The molecule has 0 bridgehead atoms. The number of hydrogen-bond acceptors (Lipinski definition) is 9. The van der Waals surface area contributed by atoms with Crippen LogP contribution < -0.4 is 0 Å². The molecule has 8 nitrogen and oxygen atoms in total. The van der Waals surface area contributed by atoms with E-state index in [-0.39, 0.29) is 30.8 Å². The summed E-state index contributed by atoms with van der Waals surface area (Å²) >= 11 is 1.19. The molecule has 0 aromatic carbocycles. The van der Waals surface area contributed by atoms with Crippen molar-refractivity contribution in [2.24, 2.45) is 17.3 Å². The van der Waals surface area contributed by atoms with Crippen LogP contribution in [-0.4, -0.2) is 62.1 Å². The third-order valence-corrected chi connectivity index (χ3v) is 8.82. The van der Waals surface area contributed by atoms with Gasteiger partial charge in [0, 0.05) is 17.7 Å². The van der Waals surface area contributed by atoms with Gasteiger partial charge in [0.05, 0.1) is 48.0 Å². The number of epoxide rings is 1. The van der Waals surface area contributed by atoms with Gasteiger partial charge in [-0.15, -0.1) is 11.3 Å². The van der Waals surface area contributed by atoms with Gasteiger partial charge >= 0.3 is 5.97 Å². The first kappa shape index (κ1) is 29.8. The van der Waals surface area contributed by atoms with E-state index in [0.717, 1.165) is 6.42 Å². The lowest BCUT2D eigenvalue weighted by molar-refractivity contribution is -0.155. The summed E-state index contributed by atoms with van der Waals surface area (Å²) in [6, 6.07) is 0. The zero-order chi connectivity index (χ0) is 27.5. The highest BCUT2D eigenvalue weighted by molar-refractivity contribution is 7.09. The number of esters is 1. The smallest absolute Gasteiger partial charge is 0.309 e. The third kappa shape index (κ3) is 7.03. The summed E-state index contributed by atoms with van der Waals surface area (Å²) in [6.07, 6.45) is -0.544. The molecule has 0 aliphatic carbocycles. The number of hydrogen-bond donors (Lipinski definition) is 3. The highest BCUT2D eigenvalue weighted by Gasteiger charge is 2.53. The van der Waals surface area contributed by atoms with E-state index in [2.05, 4.69) is 4.98 Å². The lowest BCUT2D eigenvalue weighted by Gasteiger charge is -2.35. The fourth-order valence-electron chi connectivity index (χ4n) is 5.10. The standard InChI is InChI=1S/C27H40FNO7S/c1-6-17-24(33)15(2)8-7-9-27(5)21(36-27)11-19(18(28)10-16-14-37-22(13-30)29-16)35-23(32)12-20(31)26(3,4)25(17)34/h10,14-15,17,19-21,24,30-31,33H,6-9,11-13H2,1-5H3. The van der Waals surface area contributed by atoms with Crippen LogP contribution in [0.4, 0.5) is 4.39 Å². The Morgan fingerprint density at radius 3 is 2.62 bits per heavy atom. The maximum Gasteiger partial charge on any atom is 0.309 e. The number of nitrogens with zero attached hydrogens (tertiary/aromatic N) is 1. The number of aliphatic hydroxyl groups is 3. The first-order chi connectivity index (χ1) is 17.3. The highest BCUT2D eigenvalue weighted by Crippen LogP contribution is 2.45. The Labute approximate surface area is 221 Å². The topological polar surface area (TPSA) is 129 Å². The Morgan fingerprint density at radius 1 is 1.30 bits per heavy atom. The van der Waals surface area contributed by atoms with Gasteiger partial charge in [-0.1, -0.05) is 34.1 Å². The number of ether oxygens (including phenoxy) is 2. The van der Waals surface area contributed by atoms with Crippen molar-refractivity contribution in [3.63, 3.8) is 0 Å². The SMILES string of the molecule is CCC1C(=O)C(C)(C)C(O)CC(=O)OC(C(F)=Cc2csc(CO)n2)CC2OC2(C)CCCC(C)C1O. The molecule has 208 valence electrons. The van der Waals surface area contributed by atoms with E-state index in [4.69, 9.17) is 9.47 Å². The maximum atomic E-state index is 15.4. The number of rotatable bonds is 4. The lowest BCUT2D eigenvalue weighted by Crippen LogP contribution is -2.46. The first-order valence-corrected chi connectivity index (χ1v) is 13.9. The van der Waals surface area contributed by atoms with Gasteiger partial charge in [0.25, 0.3) is 0 Å². The van der Waals surface area contributed by atoms with Crippen LogP contribution in [0.2, 0.25) is 0 Å². The average Bonchev–Trinajstić information content (AvgIpc) is 3.24. The fourth-order valence-corrected chi connectivity index (χ4v) is 5.71. The Morgan fingerprint density at radius 2 is 2.00 bits per heavy atom. The van der Waals surface area contributed by atoms with Crippen LogP contribution in [-0.2, 0) is 25.7 Å². The molecule has 3 rings (SSSR count). The Balaban J connectivity index is 1.87. The van der Waals surface area contributed by atoms with Gasteiger partial charge in [0.2, 0.25) is 0 Å². The third-order valence-electron chi connectivity index (χ3n) is 7.97. The summed E-state index contributed by atoms with van der Waals surface area (Å²) < 4.78 is 26.7. The number of halogens is 1. The Bertz CT molecular complexity index is 995. The first-order valence-electron chi connectivity index (χ1n) is 13.0. The molecule has 0 spiro atoms. The molecule has 1 aromatic rings. The zero-order valence-corrected chi connectivity index (χ0v) is 23.1. The molecule has 2 fully saturated rings. The predicted molar refractivity (Wildman–Crippen MR) is 137 cm³/mol. The molecule has 0 saturated carbocycles. The van der Waals surface area contributed by atoms with E-state index in [0.29, 0.717) is 30.0 Å². The van der Waals surface area contributed by atoms with E-state index in [9.17, 15) is 24.9 Å². The second-order valence-corrected chi connectivity index (χ2v) is 12.1. The van der Waals surface area contributed by atoms with Gasteiger partial charge in [0.1, 0.15) is 16.6 Å². The normalized spacial score (nSPS) is 36.1. The molecule has 2 aliphatic heterocycles. The van der Waals surface area contributed by atoms with Crippen molar-refractivity contribution >= 4 is 29.2 Å². The fraction of sp³-hybridized carbons (Fsp3) is 0.741. The number of thiazole rings is 1. The van der Waals surface area contributed by atoms with E-state index >= 15 is 4.39 Å². The number of cyclic esters (lactones) is 1. The van der Waals surface area contributed by atoms with Gasteiger partial charge in [-0.05, 0) is 38.2 Å². The summed E-state index contributed by atoms with van der Waals surface area (Å²) in [5, 5.41) is 33.1. The van der Waals surface area contributed by atoms with Crippen LogP contribution >= 0.6 is 11.3 Å². The molecule has 2 saturated heterocycles. The van der Waals surface area contributed by atoms with Gasteiger partial charge in [0.15, 0.2) is 6.10 Å². The van der Waals surface area contributed by atoms with E-state index in [1.807, 2.05) is 20.8 Å². The Hall–Kier alpha value is -1.72. The molecule has 7 unspecified atom stereocenters. The van der Waals surface area contributed by atoms with Gasteiger partial charge < -0.3 is 24.8 Å². The number of aliphatic hydroxyl groups excluding tert-OH is 3. The van der Waals surface area contributed by atoms with Crippen LogP contribution in [0.3, 0.4) is 0 Å². The van der Waals surface area contributed by atoms with Gasteiger partial charge in [-0.3, -0.25) is 9.59 Å². The van der Waals surface area contributed by atoms with Crippen LogP contribution in [0.5, 0.6) is 0 Å². The summed E-state index contributed by atoms with van der Waals surface area (Å²) in [7, 11) is 0. The second kappa shape index (κ2) is 12.0. The van der Waals surface area contributed by atoms with Crippen LogP contribution in [0.25, 0.3) is 6.08 Å². The van der Waals surface area contributed by atoms with Crippen molar-refractivity contribution in [3.05, 3.63) is 21.9 Å². The summed E-state index contributed by atoms with van der Waals surface area (Å²) in [6.45, 7) is 8.52. The lowest BCUT2D eigenvalue weighted by atomic mass is 9.71.